The lowest BCUT2D eigenvalue weighted by atomic mass is 10.1. The number of benzene rings is 1. The van der Waals surface area contributed by atoms with Crippen molar-refractivity contribution in [2.24, 2.45) is 0 Å². The van der Waals surface area contributed by atoms with Gasteiger partial charge in [-0.1, -0.05) is 0 Å². The summed E-state index contributed by atoms with van der Waals surface area (Å²) >= 11 is 0. The third kappa shape index (κ3) is 3.23. The van der Waals surface area contributed by atoms with Crippen LogP contribution in [-0.2, 0) is 6.18 Å². The maximum atomic E-state index is 13.3. The highest BCUT2D eigenvalue weighted by atomic mass is 19.4. The molecule has 0 amide bonds. The molecular weight excluding hydrogens is 272 g/mol. The first-order valence-corrected chi connectivity index (χ1v) is 6.65. The molecule has 1 saturated heterocycles. The van der Waals surface area contributed by atoms with Crippen LogP contribution in [0.5, 0.6) is 0 Å². The molecule has 1 aromatic rings. The summed E-state index contributed by atoms with van der Waals surface area (Å²) < 4.78 is 51.3. The van der Waals surface area contributed by atoms with Crippen LogP contribution in [0.25, 0.3) is 0 Å². The molecule has 0 saturated carbocycles. The van der Waals surface area contributed by atoms with E-state index in [0.29, 0.717) is 24.8 Å². The van der Waals surface area contributed by atoms with E-state index in [-0.39, 0.29) is 0 Å². The van der Waals surface area contributed by atoms with Gasteiger partial charge in [0.25, 0.3) is 0 Å². The fraction of sp³-hybridized carbons (Fsp3) is 0.571. The minimum absolute atomic E-state index is 0.427. The highest BCUT2D eigenvalue weighted by Gasteiger charge is 2.34. The van der Waals surface area contributed by atoms with Crippen molar-refractivity contribution >= 4 is 5.69 Å². The van der Waals surface area contributed by atoms with Gasteiger partial charge in [0.05, 0.1) is 5.56 Å². The molecule has 112 valence electrons. The predicted octanol–water partition coefficient (Wildman–Crippen LogP) is 3.37. The lowest BCUT2D eigenvalue weighted by molar-refractivity contribution is -0.139. The van der Waals surface area contributed by atoms with Gasteiger partial charge in [-0.25, -0.2) is 4.39 Å². The Hall–Kier alpha value is -1.30. The second-order valence-electron chi connectivity index (χ2n) is 5.28. The molecule has 2 nitrogen and oxygen atoms in total. The number of nitrogens with zero attached hydrogens (tertiary/aromatic N) is 2. The second-order valence-corrected chi connectivity index (χ2v) is 5.28. The Kier molecular flexibility index (Phi) is 4.22. The molecule has 0 atom stereocenters. The lowest BCUT2D eigenvalue weighted by Gasteiger charge is -2.38. The molecule has 1 fully saturated rings. The molecule has 0 aromatic heterocycles. The molecule has 0 aliphatic carbocycles. The molecule has 1 aromatic carbocycles. The Morgan fingerprint density at radius 3 is 2.15 bits per heavy atom. The first-order valence-electron chi connectivity index (χ1n) is 6.65. The first kappa shape index (κ1) is 15.1. The molecule has 0 radical (unpaired) electrons. The highest BCUT2D eigenvalue weighted by molar-refractivity contribution is 5.50. The van der Waals surface area contributed by atoms with Crippen LogP contribution in [0, 0.1) is 5.82 Å². The van der Waals surface area contributed by atoms with Crippen molar-refractivity contribution in [1.29, 1.82) is 0 Å². The Labute approximate surface area is 116 Å². The summed E-state index contributed by atoms with van der Waals surface area (Å²) in [5, 5.41) is 0. The average Bonchev–Trinajstić information content (AvgIpc) is 2.38. The number of hydrogen-bond donors (Lipinski definition) is 0. The van der Waals surface area contributed by atoms with Gasteiger partial charge in [-0.05, 0) is 32.0 Å². The third-order valence-electron chi connectivity index (χ3n) is 3.67. The van der Waals surface area contributed by atoms with E-state index in [1.54, 1.807) is 0 Å². The summed E-state index contributed by atoms with van der Waals surface area (Å²) in [5.41, 5.74) is -0.761. The van der Waals surface area contributed by atoms with Crippen molar-refractivity contribution in [3.63, 3.8) is 0 Å². The van der Waals surface area contributed by atoms with Gasteiger partial charge in [0.15, 0.2) is 0 Å². The first-order chi connectivity index (χ1) is 9.29. The fourth-order valence-electron chi connectivity index (χ4n) is 2.42. The largest absolute Gasteiger partial charge is 0.419 e. The van der Waals surface area contributed by atoms with E-state index in [4.69, 9.17) is 0 Å². The van der Waals surface area contributed by atoms with E-state index in [1.807, 2.05) is 4.90 Å². The normalized spacial score (nSPS) is 17.9. The third-order valence-corrected chi connectivity index (χ3v) is 3.67. The van der Waals surface area contributed by atoms with Crippen molar-refractivity contribution in [3.8, 4) is 0 Å². The zero-order chi connectivity index (χ0) is 14.9. The highest BCUT2D eigenvalue weighted by Crippen LogP contribution is 2.34. The molecule has 0 N–H and O–H groups in total. The number of anilines is 1. The summed E-state index contributed by atoms with van der Waals surface area (Å²) in [4.78, 5) is 4.14. The van der Waals surface area contributed by atoms with Gasteiger partial charge in [0, 0.05) is 37.9 Å². The zero-order valence-corrected chi connectivity index (χ0v) is 11.5. The number of alkyl halides is 3. The second kappa shape index (κ2) is 5.60. The van der Waals surface area contributed by atoms with Crippen LogP contribution >= 0.6 is 0 Å². The van der Waals surface area contributed by atoms with Crippen LogP contribution in [0.1, 0.15) is 19.4 Å². The molecule has 1 aliphatic heterocycles. The van der Waals surface area contributed by atoms with Crippen LogP contribution in [0.2, 0.25) is 0 Å². The summed E-state index contributed by atoms with van der Waals surface area (Å²) in [5.74, 6) is -1.22. The summed E-state index contributed by atoms with van der Waals surface area (Å²) in [7, 11) is 0. The van der Waals surface area contributed by atoms with Crippen LogP contribution in [0.15, 0.2) is 18.2 Å². The maximum Gasteiger partial charge on any atom is 0.419 e. The number of hydrogen-bond acceptors (Lipinski definition) is 2. The van der Waals surface area contributed by atoms with Gasteiger partial charge in [-0.2, -0.15) is 13.2 Å². The van der Waals surface area contributed by atoms with Crippen LogP contribution in [0.3, 0.4) is 0 Å². The topological polar surface area (TPSA) is 6.48 Å². The van der Waals surface area contributed by atoms with E-state index in [1.165, 1.54) is 6.07 Å². The standard InChI is InChI=1S/C14H18F4N2/c1-10(2)19-5-7-20(8-6-19)11-3-4-13(15)12(9-11)14(16,17)18/h3-4,9-10H,5-8H2,1-2H3. The van der Waals surface area contributed by atoms with Crippen molar-refractivity contribution < 1.29 is 17.6 Å². The molecule has 1 aliphatic rings. The summed E-state index contributed by atoms with van der Waals surface area (Å²) in [6.45, 7) is 7.10. The molecule has 0 spiro atoms. The molecule has 1 heterocycles. The van der Waals surface area contributed by atoms with Gasteiger partial charge in [-0.15, -0.1) is 0 Å². The van der Waals surface area contributed by atoms with Gasteiger partial charge in [-0.3, -0.25) is 4.90 Å². The fourth-order valence-corrected chi connectivity index (χ4v) is 2.42. The Bertz CT molecular complexity index is 463. The number of piperazine rings is 1. The van der Waals surface area contributed by atoms with Gasteiger partial charge in [0.1, 0.15) is 5.82 Å². The predicted molar refractivity (Wildman–Crippen MR) is 70.3 cm³/mol. The van der Waals surface area contributed by atoms with Crippen molar-refractivity contribution in [2.45, 2.75) is 26.1 Å². The van der Waals surface area contributed by atoms with Gasteiger partial charge < -0.3 is 4.90 Å². The van der Waals surface area contributed by atoms with Crippen LogP contribution < -0.4 is 4.90 Å². The molecule has 0 unspecified atom stereocenters. The van der Waals surface area contributed by atoms with E-state index in [2.05, 4.69) is 18.7 Å². The molecule has 20 heavy (non-hydrogen) atoms. The Morgan fingerprint density at radius 2 is 1.65 bits per heavy atom. The Balaban J connectivity index is 2.15. The van der Waals surface area contributed by atoms with Gasteiger partial charge >= 0.3 is 6.18 Å². The van der Waals surface area contributed by atoms with Crippen LogP contribution in [0.4, 0.5) is 23.2 Å². The molecule has 2 rings (SSSR count). The maximum absolute atomic E-state index is 13.3. The van der Waals surface area contributed by atoms with Crippen LogP contribution in [-0.4, -0.2) is 37.1 Å². The monoisotopic (exact) mass is 290 g/mol. The Morgan fingerprint density at radius 1 is 1.05 bits per heavy atom. The van der Waals surface area contributed by atoms with E-state index < -0.39 is 17.6 Å². The van der Waals surface area contributed by atoms with Crippen molar-refractivity contribution in [3.05, 3.63) is 29.6 Å². The van der Waals surface area contributed by atoms with Crippen molar-refractivity contribution in [1.82, 2.24) is 4.90 Å². The average molecular weight is 290 g/mol. The molecule has 0 bridgehead atoms. The SMILES string of the molecule is CC(C)N1CCN(c2ccc(F)c(C(F)(F)F)c2)CC1. The summed E-state index contributed by atoms with van der Waals surface area (Å²) in [6.07, 6.45) is -4.65. The minimum atomic E-state index is -4.65. The molecule has 6 heteroatoms. The van der Waals surface area contributed by atoms with Gasteiger partial charge in [0.2, 0.25) is 0 Å². The number of rotatable bonds is 2. The quantitative estimate of drug-likeness (QED) is 0.771. The number of halogens is 4. The minimum Gasteiger partial charge on any atom is -0.369 e. The summed E-state index contributed by atoms with van der Waals surface area (Å²) in [6, 6.07) is 3.64. The molecular formula is C14H18F4N2. The van der Waals surface area contributed by atoms with E-state index >= 15 is 0 Å². The zero-order valence-electron chi connectivity index (χ0n) is 11.5. The van der Waals surface area contributed by atoms with Crippen molar-refractivity contribution in [2.75, 3.05) is 31.1 Å². The van der Waals surface area contributed by atoms with E-state index in [0.717, 1.165) is 25.2 Å². The van der Waals surface area contributed by atoms with E-state index in [9.17, 15) is 17.6 Å². The smallest absolute Gasteiger partial charge is 0.369 e. The lowest BCUT2D eigenvalue weighted by Crippen LogP contribution is -2.48.